The molecule has 29 heavy (non-hydrogen) atoms. The van der Waals surface area contributed by atoms with Gasteiger partial charge in [0.2, 0.25) is 11.6 Å². The summed E-state index contributed by atoms with van der Waals surface area (Å²) in [6.45, 7) is 2.90. The molecule has 150 valence electrons. The van der Waals surface area contributed by atoms with Gasteiger partial charge in [-0.25, -0.2) is 9.07 Å². The van der Waals surface area contributed by atoms with Crippen LogP contribution in [-0.2, 0) is 6.54 Å². The Hall–Kier alpha value is -3.42. The van der Waals surface area contributed by atoms with Gasteiger partial charge in [-0.15, -0.1) is 5.10 Å². The Labute approximate surface area is 168 Å². The number of halogens is 1. The second kappa shape index (κ2) is 8.30. The number of rotatable bonds is 5. The van der Waals surface area contributed by atoms with Crippen molar-refractivity contribution in [3.63, 3.8) is 0 Å². The normalized spacial score (nSPS) is 14.1. The Morgan fingerprint density at radius 3 is 2.38 bits per heavy atom. The lowest BCUT2D eigenvalue weighted by Gasteiger charge is -2.35. The van der Waals surface area contributed by atoms with Crippen LogP contribution in [-0.4, -0.2) is 59.1 Å². The van der Waals surface area contributed by atoms with Crippen molar-refractivity contribution in [2.45, 2.75) is 6.54 Å². The quantitative estimate of drug-likeness (QED) is 0.664. The van der Waals surface area contributed by atoms with Crippen LogP contribution >= 0.6 is 0 Å². The number of anilines is 1. The van der Waals surface area contributed by atoms with Gasteiger partial charge < -0.3 is 14.5 Å². The molecule has 0 aliphatic carbocycles. The molecule has 1 saturated heterocycles. The zero-order valence-corrected chi connectivity index (χ0v) is 16.2. The highest BCUT2D eigenvalue weighted by Crippen LogP contribution is 2.21. The molecule has 1 aliphatic heterocycles. The first-order chi connectivity index (χ1) is 14.2. The molecule has 0 saturated carbocycles. The summed E-state index contributed by atoms with van der Waals surface area (Å²) in [6, 6.07) is 16.2. The number of amides is 1. The summed E-state index contributed by atoms with van der Waals surface area (Å²) in [7, 11) is 1.52. The topological polar surface area (TPSA) is 63.5 Å². The lowest BCUT2D eigenvalue weighted by atomic mass is 10.2. The summed E-state index contributed by atoms with van der Waals surface area (Å²) < 4.78 is 20.2. The fourth-order valence-corrected chi connectivity index (χ4v) is 3.47. The standard InChI is InChI=1S/C21H22FN5O2/c1-29-21-19(23-24-27(21)15-16-5-3-2-4-6-16)20(28)26-13-11-25(12-14-26)18-9-7-17(22)8-10-18/h2-10H,11-15H2,1H3. The maximum Gasteiger partial charge on any atom is 0.280 e. The number of carbonyl (C=O) groups excluding carboxylic acids is 1. The first kappa shape index (κ1) is 18.9. The van der Waals surface area contributed by atoms with E-state index >= 15 is 0 Å². The Morgan fingerprint density at radius 1 is 1.03 bits per heavy atom. The summed E-state index contributed by atoms with van der Waals surface area (Å²) in [5.74, 6) is -0.0898. The van der Waals surface area contributed by atoms with Gasteiger partial charge in [0.05, 0.1) is 13.7 Å². The SMILES string of the molecule is COc1c(C(=O)N2CCN(c3ccc(F)cc3)CC2)nnn1Cc1ccccc1. The molecule has 4 rings (SSSR count). The predicted molar refractivity (Wildman–Crippen MR) is 107 cm³/mol. The maximum atomic E-state index is 13.1. The highest BCUT2D eigenvalue weighted by molar-refractivity contribution is 5.94. The first-order valence-electron chi connectivity index (χ1n) is 9.47. The minimum atomic E-state index is -0.256. The van der Waals surface area contributed by atoms with Gasteiger partial charge in [-0.3, -0.25) is 4.79 Å². The number of aromatic nitrogens is 3. The largest absolute Gasteiger partial charge is 0.479 e. The van der Waals surface area contributed by atoms with Gasteiger partial charge >= 0.3 is 0 Å². The molecule has 1 aromatic heterocycles. The number of piperazine rings is 1. The molecule has 1 aliphatic rings. The van der Waals surface area contributed by atoms with Gasteiger partial charge in [-0.05, 0) is 29.8 Å². The molecule has 0 unspecified atom stereocenters. The molecule has 0 N–H and O–H groups in total. The Morgan fingerprint density at radius 2 is 1.72 bits per heavy atom. The second-order valence-electron chi connectivity index (χ2n) is 6.85. The second-order valence-corrected chi connectivity index (χ2v) is 6.85. The first-order valence-corrected chi connectivity index (χ1v) is 9.47. The molecule has 3 aromatic rings. The zero-order valence-electron chi connectivity index (χ0n) is 16.2. The summed E-state index contributed by atoms with van der Waals surface area (Å²) in [5.41, 5.74) is 2.21. The van der Waals surface area contributed by atoms with Crippen LogP contribution in [0.5, 0.6) is 5.88 Å². The maximum absolute atomic E-state index is 13.1. The minimum absolute atomic E-state index is 0.195. The number of carbonyl (C=O) groups is 1. The molecule has 7 nitrogen and oxygen atoms in total. The van der Waals surface area contributed by atoms with Crippen LogP contribution in [0.4, 0.5) is 10.1 Å². The molecule has 8 heteroatoms. The third-order valence-electron chi connectivity index (χ3n) is 5.02. The molecule has 0 spiro atoms. The summed E-state index contributed by atoms with van der Waals surface area (Å²) in [6.07, 6.45) is 0. The minimum Gasteiger partial charge on any atom is -0.479 e. The lowest BCUT2D eigenvalue weighted by molar-refractivity contribution is 0.0737. The van der Waals surface area contributed by atoms with E-state index in [0.29, 0.717) is 38.6 Å². The van der Waals surface area contributed by atoms with Crippen molar-refractivity contribution < 1.29 is 13.9 Å². The molecule has 2 aromatic carbocycles. The van der Waals surface area contributed by atoms with E-state index < -0.39 is 0 Å². The summed E-state index contributed by atoms with van der Waals surface area (Å²) >= 11 is 0. The number of ether oxygens (including phenoxy) is 1. The Bertz CT molecular complexity index is 966. The van der Waals surface area contributed by atoms with Gasteiger partial charge in [0.25, 0.3) is 5.91 Å². The highest BCUT2D eigenvalue weighted by Gasteiger charge is 2.28. The smallest absolute Gasteiger partial charge is 0.280 e. The van der Waals surface area contributed by atoms with E-state index in [4.69, 9.17) is 4.74 Å². The Kier molecular flexibility index (Phi) is 5.41. The van der Waals surface area contributed by atoms with E-state index in [1.807, 2.05) is 30.3 Å². The van der Waals surface area contributed by atoms with Gasteiger partial charge in [-0.1, -0.05) is 35.5 Å². The van der Waals surface area contributed by atoms with Gasteiger partial charge in [0.1, 0.15) is 5.82 Å². The molecule has 1 amide bonds. The molecular formula is C21H22FN5O2. The average Bonchev–Trinajstić information content (AvgIpc) is 3.17. The summed E-state index contributed by atoms with van der Waals surface area (Å²) in [5, 5.41) is 8.20. The van der Waals surface area contributed by atoms with E-state index in [1.165, 1.54) is 19.2 Å². The van der Waals surface area contributed by atoms with Crippen molar-refractivity contribution in [1.29, 1.82) is 0 Å². The zero-order chi connectivity index (χ0) is 20.2. The molecule has 1 fully saturated rings. The predicted octanol–water partition coefficient (Wildman–Crippen LogP) is 2.44. The van der Waals surface area contributed by atoms with Crippen molar-refractivity contribution >= 4 is 11.6 Å². The number of methoxy groups -OCH3 is 1. The monoisotopic (exact) mass is 395 g/mol. The van der Waals surface area contributed by atoms with E-state index in [1.54, 1.807) is 21.7 Å². The average molecular weight is 395 g/mol. The van der Waals surface area contributed by atoms with Gasteiger partial charge in [-0.2, -0.15) is 0 Å². The third-order valence-corrected chi connectivity index (χ3v) is 5.02. The van der Waals surface area contributed by atoms with E-state index in [9.17, 15) is 9.18 Å². The van der Waals surface area contributed by atoms with Crippen LogP contribution in [0.2, 0.25) is 0 Å². The van der Waals surface area contributed by atoms with Crippen molar-refractivity contribution in [2.24, 2.45) is 0 Å². The number of benzene rings is 2. The third kappa shape index (κ3) is 4.06. The van der Waals surface area contributed by atoms with Gasteiger partial charge in [0.15, 0.2) is 0 Å². The number of nitrogens with zero attached hydrogens (tertiary/aromatic N) is 5. The van der Waals surface area contributed by atoms with Crippen LogP contribution in [0, 0.1) is 5.82 Å². The summed E-state index contributed by atoms with van der Waals surface area (Å²) in [4.78, 5) is 16.9. The van der Waals surface area contributed by atoms with E-state index in [-0.39, 0.29) is 17.4 Å². The highest BCUT2D eigenvalue weighted by atomic mass is 19.1. The fraction of sp³-hybridized carbons (Fsp3) is 0.286. The van der Waals surface area contributed by atoms with Crippen LogP contribution < -0.4 is 9.64 Å². The lowest BCUT2D eigenvalue weighted by Crippen LogP contribution is -2.49. The van der Waals surface area contributed by atoms with Crippen LogP contribution in [0.1, 0.15) is 16.1 Å². The fourth-order valence-electron chi connectivity index (χ4n) is 3.47. The molecule has 0 bridgehead atoms. The molecule has 0 atom stereocenters. The van der Waals surface area contributed by atoms with Crippen molar-refractivity contribution in [3.05, 3.63) is 71.7 Å². The van der Waals surface area contributed by atoms with Crippen LogP contribution in [0.3, 0.4) is 0 Å². The van der Waals surface area contributed by atoms with Crippen molar-refractivity contribution in [2.75, 3.05) is 38.2 Å². The van der Waals surface area contributed by atoms with Crippen LogP contribution in [0.25, 0.3) is 0 Å². The van der Waals surface area contributed by atoms with Crippen molar-refractivity contribution in [3.8, 4) is 5.88 Å². The Balaban J connectivity index is 1.44. The van der Waals surface area contributed by atoms with E-state index in [0.717, 1.165) is 11.3 Å². The number of hydrogen-bond donors (Lipinski definition) is 0. The molecule has 2 heterocycles. The number of hydrogen-bond acceptors (Lipinski definition) is 5. The van der Waals surface area contributed by atoms with Crippen LogP contribution in [0.15, 0.2) is 54.6 Å². The van der Waals surface area contributed by atoms with E-state index in [2.05, 4.69) is 15.2 Å². The van der Waals surface area contributed by atoms with Crippen molar-refractivity contribution in [1.82, 2.24) is 19.9 Å². The molecular weight excluding hydrogens is 373 g/mol. The molecule has 0 radical (unpaired) electrons. The van der Waals surface area contributed by atoms with Gasteiger partial charge in [0, 0.05) is 31.9 Å².